The second-order valence-corrected chi connectivity index (χ2v) is 2.27. The molecule has 0 aromatic rings. The molecule has 0 unspecified atom stereocenters. The van der Waals surface area contributed by atoms with Gasteiger partial charge in [0.25, 0.3) is 0 Å². The van der Waals surface area contributed by atoms with Gasteiger partial charge in [-0.2, -0.15) is 0 Å². The molecule has 0 heterocycles. The van der Waals surface area contributed by atoms with Crippen LogP contribution in [0.2, 0.25) is 0 Å². The molecule has 0 aromatic heterocycles. The van der Waals surface area contributed by atoms with Gasteiger partial charge in [-0.1, -0.05) is 0 Å². The topological polar surface area (TPSA) is 98.0 Å². The molecule has 0 fully saturated rings. The van der Waals surface area contributed by atoms with Crippen LogP contribution in [0.4, 0.5) is 4.39 Å². The van der Waals surface area contributed by atoms with Gasteiger partial charge in [0.15, 0.2) is 5.78 Å². The molecule has 0 rings (SSSR count). The number of ketones is 1. The van der Waals surface area contributed by atoms with Crippen LogP contribution < -0.4 is 0 Å². The van der Waals surface area contributed by atoms with Crippen molar-refractivity contribution in [2.45, 2.75) is 18.3 Å². The van der Waals surface area contributed by atoms with E-state index >= 15 is 0 Å². The molecule has 12 heavy (non-hydrogen) atoms. The smallest absolute Gasteiger partial charge is 0.194 e. The third-order valence-corrected chi connectivity index (χ3v) is 1.32. The molecule has 0 amide bonds. The van der Waals surface area contributed by atoms with Crippen molar-refractivity contribution in [2.24, 2.45) is 0 Å². The highest BCUT2D eigenvalue weighted by Crippen LogP contribution is 1.99. The van der Waals surface area contributed by atoms with Crippen molar-refractivity contribution in [2.75, 3.05) is 13.3 Å². The van der Waals surface area contributed by atoms with E-state index in [9.17, 15) is 9.18 Å². The van der Waals surface area contributed by atoms with Gasteiger partial charge in [-0.25, -0.2) is 4.39 Å². The first-order chi connectivity index (χ1) is 5.54. The predicted molar refractivity (Wildman–Crippen MR) is 36.1 cm³/mol. The summed E-state index contributed by atoms with van der Waals surface area (Å²) in [5.41, 5.74) is 0. The SMILES string of the molecule is O=C([C@H](O)CO)[C@H](O)[C@H](O)CF. The number of halogens is 1. The van der Waals surface area contributed by atoms with Crippen molar-refractivity contribution in [3.63, 3.8) is 0 Å². The lowest BCUT2D eigenvalue weighted by molar-refractivity contribution is -0.143. The van der Waals surface area contributed by atoms with E-state index < -0.39 is 37.4 Å². The molecule has 72 valence electrons. The van der Waals surface area contributed by atoms with E-state index in [1.807, 2.05) is 0 Å². The summed E-state index contributed by atoms with van der Waals surface area (Å²) >= 11 is 0. The second-order valence-electron chi connectivity index (χ2n) is 2.27. The van der Waals surface area contributed by atoms with Gasteiger partial charge in [0.2, 0.25) is 0 Å². The van der Waals surface area contributed by atoms with E-state index in [4.69, 9.17) is 20.4 Å². The van der Waals surface area contributed by atoms with Gasteiger partial charge in [-0.15, -0.1) is 0 Å². The molecular formula is C6H11FO5. The van der Waals surface area contributed by atoms with Crippen molar-refractivity contribution in [1.82, 2.24) is 0 Å². The van der Waals surface area contributed by atoms with Crippen molar-refractivity contribution >= 4 is 5.78 Å². The fourth-order valence-corrected chi connectivity index (χ4v) is 0.561. The van der Waals surface area contributed by atoms with Gasteiger partial charge >= 0.3 is 0 Å². The van der Waals surface area contributed by atoms with Gasteiger partial charge < -0.3 is 20.4 Å². The molecule has 4 N–H and O–H groups in total. The molecule has 0 saturated heterocycles. The van der Waals surface area contributed by atoms with Crippen LogP contribution in [0.1, 0.15) is 0 Å². The molecule has 3 atom stereocenters. The van der Waals surface area contributed by atoms with Crippen LogP contribution in [0.5, 0.6) is 0 Å². The van der Waals surface area contributed by atoms with E-state index in [-0.39, 0.29) is 0 Å². The van der Waals surface area contributed by atoms with Gasteiger partial charge in [0.05, 0.1) is 6.61 Å². The van der Waals surface area contributed by atoms with Gasteiger partial charge in [0, 0.05) is 0 Å². The Hall–Kier alpha value is -0.560. The van der Waals surface area contributed by atoms with Crippen molar-refractivity contribution in [3.8, 4) is 0 Å². The minimum Gasteiger partial charge on any atom is -0.393 e. The fraction of sp³-hybridized carbons (Fsp3) is 0.833. The zero-order valence-corrected chi connectivity index (χ0v) is 6.22. The molecule has 0 saturated carbocycles. The van der Waals surface area contributed by atoms with Crippen LogP contribution in [-0.2, 0) is 4.79 Å². The van der Waals surface area contributed by atoms with Crippen LogP contribution >= 0.6 is 0 Å². The van der Waals surface area contributed by atoms with Crippen molar-refractivity contribution in [3.05, 3.63) is 0 Å². The predicted octanol–water partition coefficient (Wildman–Crippen LogP) is -2.40. The molecule has 0 aliphatic heterocycles. The Bertz CT molecular complexity index is 151. The maximum absolute atomic E-state index is 11.7. The van der Waals surface area contributed by atoms with Crippen LogP contribution in [0.25, 0.3) is 0 Å². The average Bonchev–Trinajstić information content (AvgIpc) is 2.12. The zero-order chi connectivity index (χ0) is 9.72. The van der Waals surface area contributed by atoms with Crippen molar-refractivity contribution < 1.29 is 29.6 Å². The first-order valence-electron chi connectivity index (χ1n) is 3.29. The monoisotopic (exact) mass is 182 g/mol. The first kappa shape index (κ1) is 11.4. The minimum absolute atomic E-state index is 0.866. The second kappa shape index (κ2) is 5.15. The average molecular weight is 182 g/mol. The maximum Gasteiger partial charge on any atom is 0.194 e. The summed E-state index contributed by atoms with van der Waals surface area (Å²) in [6, 6.07) is 0. The van der Waals surface area contributed by atoms with E-state index in [0.29, 0.717) is 0 Å². The number of hydrogen-bond donors (Lipinski definition) is 4. The van der Waals surface area contributed by atoms with Crippen LogP contribution in [0.3, 0.4) is 0 Å². The number of hydrogen-bond acceptors (Lipinski definition) is 5. The highest BCUT2D eigenvalue weighted by Gasteiger charge is 2.28. The molecule has 0 aliphatic rings. The number of rotatable bonds is 5. The molecule has 0 spiro atoms. The quantitative estimate of drug-likeness (QED) is 0.380. The van der Waals surface area contributed by atoms with Gasteiger partial charge in [-0.3, -0.25) is 4.79 Å². The van der Waals surface area contributed by atoms with Gasteiger partial charge in [0.1, 0.15) is 25.0 Å². The first-order valence-corrected chi connectivity index (χ1v) is 3.29. The maximum atomic E-state index is 11.7. The Morgan fingerprint density at radius 1 is 1.33 bits per heavy atom. The molecule has 0 radical (unpaired) electrons. The molecule has 0 bridgehead atoms. The number of alkyl halides is 1. The summed E-state index contributed by atoms with van der Waals surface area (Å²) in [6.07, 6.45) is -5.61. The lowest BCUT2D eigenvalue weighted by Crippen LogP contribution is -2.42. The van der Waals surface area contributed by atoms with E-state index in [2.05, 4.69) is 0 Å². The zero-order valence-electron chi connectivity index (χ0n) is 6.22. The highest BCUT2D eigenvalue weighted by molar-refractivity contribution is 5.87. The van der Waals surface area contributed by atoms with E-state index in [0.717, 1.165) is 0 Å². The molecular weight excluding hydrogens is 171 g/mol. The summed E-state index contributed by atoms with van der Waals surface area (Å²) in [6.45, 7) is -2.15. The standard InChI is InChI=1S/C6H11FO5/c7-1-3(9)5(11)6(12)4(10)2-8/h3-5,8-11H,1-2H2/t3-,4-,5-/m1/s1. The van der Waals surface area contributed by atoms with Crippen LogP contribution in [-0.4, -0.2) is 57.8 Å². The van der Waals surface area contributed by atoms with Gasteiger partial charge in [-0.05, 0) is 0 Å². The number of Topliss-reactive ketones (excluding diaryl/α,β-unsaturated/α-hetero) is 1. The summed E-state index contributed by atoms with van der Waals surface area (Å²) in [5.74, 6) is -1.19. The van der Waals surface area contributed by atoms with Crippen LogP contribution in [0, 0.1) is 0 Å². The summed E-state index contributed by atoms with van der Waals surface area (Å²) < 4.78 is 11.7. The lowest BCUT2D eigenvalue weighted by atomic mass is 10.1. The Labute approximate surface area is 68.1 Å². The molecule has 0 aliphatic carbocycles. The number of aliphatic hydroxyl groups is 4. The largest absolute Gasteiger partial charge is 0.393 e. The number of carbonyl (C=O) groups is 1. The minimum atomic E-state index is -1.99. The Morgan fingerprint density at radius 3 is 2.17 bits per heavy atom. The third kappa shape index (κ3) is 2.82. The summed E-state index contributed by atoms with van der Waals surface area (Å²) in [4.78, 5) is 10.7. The molecule has 6 heteroatoms. The number of aliphatic hydroxyl groups excluding tert-OH is 4. The Balaban J connectivity index is 4.09. The van der Waals surface area contributed by atoms with E-state index in [1.54, 1.807) is 0 Å². The Morgan fingerprint density at radius 2 is 1.83 bits per heavy atom. The fourth-order valence-electron chi connectivity index (χ4n) is 0.561. The third-order valence-electron chi connectivity index (χ3n) is 1.32. The lowest BCUT2D eigenvalue weighted by Gasteiger charge is -2.15. The van der Waals surface area contributed by atoms with E-state index in [1.165, 1.54) is 0 Å². The Kier molecular flexibility index (Phi) is 4.91. The van der Waals surface area contributed by atoms with Crippen molar-refractivity contribution in [1.29, 1.82) is 0 Å². The molecule has 0 aromatic carbocycles. The highest BCUT2D eigenvalue weighted by atomic mass is 19.1. The van der Waals surface area contributed by atoms with Crippen LogP contribution in [0.15, 0.2) is 0 Å². The summed E-state index contributed by atoms with van der Waals surface area (Å²) in [7, 11) is 0. The number of carbonyl (C=O) groups excluding carboxylic acids is 1. The summed E-state index contributed by atoms with van der Waals surface area (Å²) in [5, 5.41) is 34.3. The normalized spacial score (nSPS) is 18.4. The molecule has 5 nitrogen and oxygen atoms in total.